The van der Waals surface area contributed by atoms with Gasteiger partial charge in [0.15, 0.2) is 0 Å². The lowest BCUT2D eigenvalue weighted by atomic mass is 10.0. The number of carbonyl (C=O) groups excluding carboxylic acids is 1. The molecule has 0 N–H and O–H groups in total. The summed E-state index contributed by atoms with van der Waals surface area (Å²) in [6.07, 6.45) is 2.39. The smallest absolute Gasteiger partial charge is 0.337 e. The molecule has 1 aromatic carbocycles. The molecule has 0 spiro atoms. The third-order valence-corrected chi connectivity index (χ3v) is 2.64. The number of fused-ring (bicyclic) bond motifs is 1. The lowest BCUT2D eigenvalue weighted by molar-refractivity contribution is -0.137. The molecule has 1 atom stereocenters. The van der Waals surface area contributed by atoms with Gasteiger partial charge in [0, 0.05) is 5.56 Å². The van der Waals surface area contributed by atoms with Gasteiger partial charge in [-0.25, -0.2) is 4.79 Å². The summed E-state index contributed by atoms with van der Waals surface area (Å²) in [4.78, 5) is 11.6. The van der Waals surface area contributed by atoms with E-state index in [1.165, 1.54) is 7.11 Å². The minimum absolute atomic E-state index is 0.206. The average Bonchev–Trinajstić information content (AvgIpc) is 2.36. The zero-order chi connectivity index (χ0) is 11.5. The molecular formula is C13H14O3. The molecule has 1 aliphatic rings. The van der Waals surface area contributed by atoms with Crippen LogP contribution in [-0.4, -0.2) is 19.2 Å². The van der Waals surface area contributed by atoms with Gasteiger partial charge in [0.25, 0.3) is 0 Å². The summed E-state index contributed by atoms with van der Waals surface area (Å²) in [7, 11) is 1.39. The largest absolute Gasteiger partial charge is 0.485 e. The number of esters is 1. The lowest BCUT2D eigenvalue weighted by Gasteiger charge is -2.24. The average molecular weight is 218 g/mol. The Kier molecular flexibility index (Phi) is 2.95. The molecular weight excluding hydrogens is 204 g/mol. The third kappa shape index (κ3) is 1.81. The zero-order valence-electron chi connectivity index (χ0n) is 9.40. The molecule has 3 nitrogen and oxygen atoms in total. The van der Waals surface area contributed by atoms with E-state index in [1.54, 1.807) is 0 Å². The topological polar surface area (TPSA) is 35.5 Å². The fourth-order valence-corrected chi connectivity index (χ4v) is 1.80. The molecule has 2 rings (SSSR count). The predicted octanol–water partition coefficient (Wildman–Crippen LogP) is 2.41. The van der Waals surface area contributed by atoms with Crippen LogP contribution in [0.25, 0.3) is 6.08 Å². The van der Waals surface area contributed by atoms with Crippen LogP contribution in [0.4, 0.5) is 0 Å². The summed E-state index contributed by atoms with van der Waals surface area (Å²) in [5.41, 5.74) is 1.51. The molecule has 84 valence electrons. The van der Waals surface area contributed by atoms with Crippen LogP contribution in [0, 0.1) is 0 Å². The van der Waals surface area contributed by atoms with Gasteiger partial charge in [-0.05, 0) is 18.6 Å². The Morgan fingerprint density at radius 2 is 2.19 bits per heavy atom. The normalized spacial score (nSPS) is 18.1. The van der Waals surface area contributed by atoms with Crippen LogP contribution in [0.2, 0.25) is 0 Å². The van der Waals surface area contributed by atoms with E-state index in [4.69, 9.17) is 9.47 Å². The molecule has 0 fully saturated rings. The van der Waals surface area contributed by atoms with Crippen molar-refractivity contribution in [3.63, 3.8) is 0 Å². The first kappa shape index (κ1) is 10.7. The van der Waals surface area contributed by atoms with Crippen LogP contribution in [0.3, 0.4) is 0 Å². The maximum absolute atomic E-state index is 11.6. The van der Waals surface area contributed by atoms with Gasteiger partial charge in [-0.2, -0.15) is 0 Å². The summed E-state index contributed by atoms with van der Waals surface area (Å²) >= 11 is 0. The Labute approximate surface area is 94.7 Å². The van der Waals surface area contributed by atoms with Crippen LogP contribution >= 0.6 is 0 Å². The summed E-state index contributed by atoms with van der Waals surface area (Å²) < 4.78 is 10.5. The Morgan fingerprint density at radius 1 is 1.44 bits per heavy atom. The highest BCUT2D eigenvalue weighted by atomic mass is 16.5. The van der Waals surface area contributed by atoms with E-state index in [-0.39, 0.29) is 12.1 Å². The standard InChI is InChI=1S/C13H14O3/c1-3-11-10(13(14)15-2)8-9-6-4-5-7-12(9)16-11/h4-8,11H,3H2,1-2H3. The zero-order valence-corrected chi connectivity index (χ0v) is 9.40. The highest BCUT2D eigenvalue weighted by Crippen LogP contribution is 2.30. The molecule has 1 aliphatic heterocycles. The van der Waals surface area contributed by atoms with Crippen molar-refractivity contribution in [3.8, 4) is 5.75 Å². The van der Waals surface area contributed by atoms with Crippen LogP contribution in [0.5, 0.6) is 5.75 Å². The van der Waals surface area contributed by atoms with E-state index in [1.807, 2.05) is 37.3 Å². The maximum atomic E-state index is 11.6. The number of hydrogen-bond acceptors (Lipinski definition) is 3. The van der Waals surface area contributed by atoms with E-state index in [0.717, 1.165) is 17.7 Å². The number of benzene rings is 1. The van der Waals surface area contributed by atoms with Crippen molar-refractivity contribution in [1.29, 1.82) is 0 Å². The summed E-state index contributed by atoms with van der Waals surface area (Å²) in [6, 6.07) is 7.66. The predicted molar refractivity (Wildman–Crippen MR) is 61.1 cm³/mol. The van der Waals surface area contributed by atoms with Crippen molar-refractivity contribution in [2.75, 3.05) is 7.11 Å². The van der Waals surface area contributed by atoms with E-state index in [0.29, 0.717) is 5.57 Å². The van der Waals surface area contributed by atoms with Crippen LogP contribution < -0.4 is 4.74 Å². The molecule has 0 aliphatic carbocycles. The molecule has 0 saturated heterocycles. The van der Waals surface area contributed by atoms with E-state index >= 15 is 0 Å². The molecule has 0 radical (unpaired) electrons. The highest BCUT2D eigenvalue weighted by Gasteiger charge is 2.26. The second-order valence-electron chi connectivity index (χ2n) is 3.64. The SMILES string of the molecule is CCC1Oc2ccccc2C=C1C(=O)OC. The van der Waals surface area contributed by atoms with Crippen molar-refractivity contribution in [2.24, 2.45) is 0 Å². The maximum Gasteiger partial charge on any atom is 0.337 e. The third-order valence-electron chi connectivity index (χ3n) is 2.64. The first-order chi connectivity index (χ1) is 7.76. The Morgan fingerprint density at radius 3 is 2.88 bits per heavy atom. The van der Waals surface area contributed by atoms with Crippen molar-refractivity contribution < 1.29 is 14.3 Å². The Balaban J connectivity index is 2.42. The summed E-state index contributed by atoms with van der Waals surface area (Å²) in [6.45, 7) is 1.98. The Hall–Kier alpha value is -1.77. The second kappa shape index (κ2) is 4.39. The van der Waals surface area contributed by atoms with Crippen LogP contribution in [-0.2, 0) is 9.53 Å². The molecule has 1 heterocycles. The van der Waals surface area contributed by atoms with Crippen molar-refractivity contribution in [1.82, 2.24) is 0 Å². The van der Waals surface area contributed by atoms with Gasteiger partial charge >= 0.3 is 5.97 Å². The fourth-order valence-electron chi connectivity index (χ4n) is 1.80. The molecule has 1 unspecified atom stereocenters. The van der Waals surface area contributed by atoms with E-state index in [9.17, 15) is 4.79 Å². The summed E-state index contributed by atoms with van der Waals surface area (Å²) in [5, 5.41) is 0. The van der Waals surface area contributed by atoms with Gasteiger partial charge in [-0.15, -0.1) is 0 Å². The van der Waals surface area contributed by atoms with Gasteiger partial charge in [0.05, 0.1) is 12.7 Å². The molecule has 16 heavy (non-hydrogen) atoms. The van der Waals surface area contributed by atoms with Crippen molar-refractivity contribution in [2.45, 2.75) is 19.4 Å². The van der Waals surface area contributed by atoms with Gasteiger partial charge in [0.1, 0.15) is 11.9 Å². The fraction of sp³-hybridized carbons (Fsp3) is 0.308. The minimum Gasteiger partial charge on any atom is -0.485 e. The quantitative estimate of drug-likeness (QED) is 0.715. The molecule has 3 heteroatoms. The monoisotopic (exact) mass is 218 g/mol. The number of hydrogen-bond donors (Lipinski definition) is 0. The second-order valence-corrected chi connectivity index (χ2v) is 3.64. The van der Waals surface area contributed by atoms with Crippen LogP contribution in [0.15, 0.2) is 29.8 Å². The lowest BCUT2D eigenvalue weighted by Crippen LogP contribution is -2.27. The van der Waals surface area contributed by atoms with Gasteiger partial charge in [0.2, 0.25) is 0 Å². The first-order valence-corrected chi connectivity index (χ1v) is 5.32. The summed E-state index contributed by atoms with van der Waals surface area (Å²) in [5.74, 6) is 0.503. The first-order valence-electron chi connectivity index (χ1n) is 5.32. The number of rotatable bonds is 2. The molecule has 0 bridgehead atoms. The number of carbonyl (C=O) groups is 1. The van der Waals surface area contributed by atoms with E-state index in [2.05, 4.69) is 0 Å². The molecule has 1 aromatic rings. The molecule has 0 saturated carbocycles. The number of para-hydroxylation sites is 1. The number of methoxy groups -OCH3 is 1. The number of ether oxygens (including phenoxy) is 2. The van der Waals surface area contributed by atoms with E-state index < -0.39 is 0 Å². The van der Waals surface area contributed by atoms with Gasteiger partial charge in [-0.1, -0.05) is 25.1 Å². The van der Waals surface area contributed by atoms with Gasteiger partial charge < -0.3 is 9.47 Å². The highest BCUT2D eigenvalue weighted by molar-refractivity contribution is 5.96. The Bertz CT molecular complexity index is 435. The van der Waals surface area contributed by atoms with Crippen molar-refractivity contribution in [3.05, 3.63) is 35.4 Å². The van der Waals surface area contributed by atoms with Crippen LogP contribution in [0.1, 0.15) is 18.9 Å². The van der Waals surface area contributed by atoms with Crippen molar-refractivity contribution >= 4 is 12.0 Å². The molecule has 0 aromatic heterocycles. The molecule has 0 amide bonds. The minimum atomic E-state index is -0.318. The van der Waals surface area contributed by atoms with Gasteiger partial charge in [-0.3, -0.25) is 0 Å².